The summed E-state index contributed by atoms with van der Waals surface area (Å²) in [6.07, 6.45) is 2.35. The van der Waals surface area contributed by atoms with Crippen LogP contribution in [0.5, 0.6) is 11.5 Å². The van der Waals surface area contributed by atoms with Gasteiger partial charge < -0.3 is 20.1 Å². The Kier molecular flexibility index (Phi) is 7.00. The highest BCUT2D eigenvalue weighted by molar-refractivity contribution is 5.92. The third kappa shape index (κ3) is 5.95. The number of carbonyl (C=O) groups is 1. The van der Waals surface area contributed by atoms with E-state index in [1.54, 1.807) is 13.2 Å². The van der Waals surface area contributed by atoms with Crippen LogP contribution in [0.1, 0.15) is 30.8 Å². The second-order valence-electron chi connectivity index (χ2n) is 5.52. The van der Waals surface area contributed by atoms with Crippen LogP contribution in [0.4, 0.5) is 5.82 Å². The van der Waals surface area contributed by atoms with Gasteiger partial charge in [-0.3, -0.25) is 4.79 Å². The number of hydrogen-bond acceptors (Lipinski definition) is 6. The molecule has 0 aliphatic heterocycles. The van der Waals surface area contributed by atoms with Gasteiger partial charge in [-0.25, -0.2) is 9.97 Å². The SMILES string of the molecule is CCC(C)Nc1cc(C(=O)NCCOc2ccc(OC)cc2)ncn1. The van der Waals surface area contributed by atoms with Crippen molar-refractivity contribution in [2.75, 3.05) is 25.6 Å². The van der Waals surface area contributed by atoms with E-state index in [1.165, 1.54) is 6.33 Å². The first-order chi connectivity index (χ1) is 12.1. The van der Waals surface area contributed by atoms with Crippen LogP contribution in [-0.2, 0) is 0 Å². The molecular weight excluding hydrogens is 320 g/mol. The fourth-order valence-electron chi connectivity index (χ4n) is 2.01. The Morgan fingerprint density at radius 1 is 1.20 bits per heavy atom. The molecule has 1 heterocycles. The number of aromatic nitrogens is 2. The summed E-state index contributed by atoms with van der Waals surface area (Å²) in [4.78, 5) is 20.3. The second-order valence-corrected chi connectivity index (χ2v) is 5.52. The molecule has 1 aromatic carbocycles. The highest BCUT2D eigenvalue weighted by Crippen LogP contribution is 2.16. The van der Waals surface area contributed by atoms with Crippen LogP contribution < -0.4 is 20.1 Å². The first-order valence-corrected chi connectivity index (χ1v) is 8.26. The average Bonchev–Trinajstić information content (AvgIpc) is 2.65. The van der Waals surface area contributed by atoms with Crippen molar-refractivity contribution in [3.63, 3.8) is 0 Å². The number of anilines is 1. The molecule has 2 N–H and O–H groups in total. The van der Waals surface area contributed by atoms with Crippen molar-refractivity contribution in [2.45, 2.75) is 26.3 Å². The van der Waals surface area contributed by atoms with Crippen LogP contribution in [0.25, 0.3) is 0 Å². The first kappa shape index (κ1) is 18.5. The van der Waals surface area contributed by atoms with Crippen LogP contribution in [0.3, 0.4) is 0 Å². The third-order valence-electron chi connectivity index (χ3n) is 3.62. The van der Waals surface area contributed by atoms with Crippen molar-refractivity contribution in [3.8, 4) is 11.5 Å². The zero-order valence-electron chi connectivity index (χ0n) is 14.8. The van der Waals surface area contributed by atoms with Crippen LogP contribution in [-0.4, -0.2) is 42.2 Å². The topological polar surface area (TPSA) is 85.4 Å². The van der Waals surface area contributed by atoms with E-state index < -0.39 is 0 Å². The molecule has 7 nitrogen and oxygen atoms in total. The molecule has 0 spiro atoms. The van der Waals surface area contributed by atoms with Gasteiger partial charge in [0, 0.05) is 12.1 Å². The summed E-state index contributed by atoms with van der Waals surface area (Å²) in [5, 5.41) is 6.00. The molecule has 0 aliphatic rings. The van der Waals surface area contributed by atoms with Crippen molar-refractivity contribution in [1.29, 1.82) is 0 Å². The van der Waals surface area contributed by atoms with Crippen LogP contribution in [0.2, 0.25) is 0 Å². The molecule has 1 amide bonds. The van der Waals surface area contributed by atoms with E-state index in [-0.39, 0.29) is 11.9 Å². The third-order valence-corrected chi connectivity index (χ3v) is 3.62. The van der Waals surface area contributed by atoms with Gasteiger partial charge in [0.1, 0.15) is 35.9 Å². The Hall–Kier alpha value is -2.83. The maximum atomic E-state index is 12.1. The molecule has 0 saturated carbocycles. The molecule has 0 fully saturated rings. The lowest BCUT2D eigenvalue weighted by Gasteiger charge is -2.12. The van der Waals surface area contributed by atoms with E-state index in [0.29, 0.717) is 24.7 Å². The van der Waals surface area contributed by atoms with E-state index in [9.17, 15) is 4.79 Å². The Morgan fingerprint density at radius 2 is 1.92 bits per heavy atom. The Balaban J connectivity index is 1.78. The Morgan fingerprint density at radius 3 is 2.60 bits per heavy atom. The van der Waals surface area contributed by atoms with Gasteiger partial charge >= 0.3 is 0 Å². The van der Waals surface area contributed by atoms with Crippen molar-refractivity contribution < 1.29 is 14.3 Å². The lowest BCUT2D eigenvalue weighted by atomic mass is 10.2. The van der Waals surface area contributed by atoms with E-state index >= 15 is 0 Å². The number of nitrogens with zero attached hydrogens (tertiary/aromatic N) is 2. The van der Waals surface area contributed by atoms with Crippen molar-refractivity contribution in [1.82, 2.24) is 15.3 Å². The predicted octanol–water partition coefficient (Wildman–Crippen LogP) is 2.50. The van der Waals surface area contributed by atoms with Crippen LogP contribution in [0, 0.1) is 0 Å². The molecule has 1 aromatic heterocycles. The second kappa shape index (κ2) is 9.46. The van der Waals surface area contributed by atoms with E-state index in [1.807, 2.05) is 24.3 Å². The van der Waals surface area contributed by atoms with Gasteiger partial charge in [-0.15, -0.1) is 0 Å². The molecule has 25 heavy (non-hydrogen) atoms. The monoisotopic (exact) mass is 344 g/mol. The van der Waals surface area contributed by atoms with Crippen molar-refractivity contribution in [3.05, 3.63) is 42.4 Å². The van der Waals surface area contributed by atoms with Gasteiger partial charge in [0.05, 0.1) is 13.7 Å². The molecule has 0 saturated heterocycles. The fourth-order valence-corrected chi connectivity index (χ4v) is 2.01. The number of amides is 1. The van der Waals surface area contributed by atoms with E-state index in [4.69, 9.17) is 9.47 Å². The zero-order chi connectivity index (χ0) is 18.1. The molecule has 2 aromatic rings. The molecule has 0 bridgehead atoms. The summed E-state index contributed by atoms with van der Waals surface area (Å²) in [5.41, 5.74) is 0.324. The van der Waals surface area contributed by atoms with Crippen LogP contribution >= 0.6 is 0 Å². The summed E-state index contributed by atoms with van der Waals surface area (Å²) >= 11 is 0. The molecule has 0 radical (unpaired) electrons. The normalized spacial score (nSPS) is 11.5. The van der Waals surface area contributed by atoms with E-state index in [0.717, 1.165) is 17.9 Å². The Bertz CT molecular complexity index is 676. The number of rotatable bonds is 9. The van der Waals surface area contributed by atoms with Crippen molar-refractivity contribution in [2.24, 2.45) is 0 Å². The number of methoxy groups -OCH3 is 1. The summed E-state index contributed by atoms with van der Waals surface area (Å²) in [6.45, 7) is 4.87. The molecular formula is C18H24N4O3. The van der Waals surface area contributed by atoms with Crippen LogP contribution in [0.15, 0.2) is 36.7 Å². The molecule has 1 unspecified atom stereocenters. The maximum Gasteiger partial charge on any atom is 0.270 e. The smallest absolute Gasteiger partial charge is 0.270 e. The quantitative estimate of drug-likeness (QED) is 0.680. The standard InChI is InChI=1S/C18H24N4O3/c1-4-13(2)22-17-11-16(20-12-21-17)18(23)19-9-10-25-15-7-5-14(24-3)6-8-15/h5-8,11-13H,4,9-10H2,1-3H3,(H,19,23)(H,20,21,22). The summed E-state index contributed by atoms with van der Waals surface area (Å²) in [7, 11) is 1.61. The highest BCUT2D eigenvalue weighted by atomic mass is 16.5. The fraction of sp³-hybridized carbons (Fsp3) is 0.389. The summed E-state index contributed by atoms with van der Waals surface area (Å²) in [6, 6.07) is 9.20. The zero-order valence-corrected chi connectivity index (χ0v) is 14.8. The minimum atomic E-state index is -0.257. The number of hydrogen-bond donors (Lipinski definition) is 2. The van der Waals surface area contributed by atoms with Gasteiger partial charge in [0.25, 0.3) is 5.91 Å². The molecule has 2 rings (SSSR count). The summed E-state index contributed by atoms with van der Waals surface area (Å²) in [5.74, 6) is 1.88. The number of nitrogens with one attached hydrogen (secondary N) is 2. The molecule has 1 atom stereocenters. The largest absolute Gasteiger partial charge is 0.497 e. The lowest BCUT2D eigenvalue weighted by molar-refractivity contribution is 0.0942. The minimum Gasteiger partial charge on any atom is -0.497 e. The maximum absolute atomic E-state index is 12.1. The van der Waals surface area contributed by atoms with Gasteiger partial charge in [-0.05, 0) is 37.6 Å². The number of ether oxygens (including phenoxy) is 2. The lowest BCUT2D eigenvalue weighted by Crippen LogP contribution is -2.29. The molecule has 0 aliphatic carbocycles. The predicted molar refractivity (Wildman–Crippen MR) is 96.2 cm³/mol. The van der Waals surface area contributed by atoms with E-state index in [2.05, 4.69) is 34.4 Å². The Labute approximate surface area is 147 Å². The number of carbonyl (C=O) groups excluding carboxylic acids is 1. The first-order valence-electron chi connectivity index (χ1n) is 8.26. The van der Waals surface area contributed by atoms with Crippen molar-refractivity contribution >= 4 is 11.7 Å². The minimum absolute atomic E-state index is 0.257. The molecule has 7 heteroatoms. The van der Waals surface area contributed by atoms with Gasteiger partial charge in [0.2, 0.25) is 0 Å². The van der Waals surface area contributed by atoms with Gasteiger partial charge in [-0.1, -0.05) is 6.92 Å². The van der Waals surface area contributed by atoms with Gasteiger partial charge in [0.15, 0.2) is 0 Å². The molecule has 134 valence electrons. The highest BCUT2D eigenvalue weighted by Gasteiger charge is 2.09. The summed E-state index contributed by atoms with van der Waals surface area (Å²) < 4.78 is 10.7. The van der Waals surface area contributed by atoms with Gasteiger partial charge in [-0.2, -0.15) is 0 Å². The number of benzene rings is 1. The average molecular weight is 344 g/mol.